The Morgan fingerprint density at radius 3 is 2.41 bits per heavy atom. The average molecular weight is 226 g/mol. The molecule has 0 amide bonds. The first-order valence-electron chi connectivity index (χ1n) is 5.34. The third kappa shape index (κ3) is 1.61. The van der Waals surface area contributed by atoms with Crippen LogP contribution in [0.25, 0.3) is 21.7 Å². The zero-order chi connectivity index (χ0) is 11.8. The standard InChI is InChI=1S/C14H10O3/c15-8-12-6-11-5-9-3-1-2-4-10(9)7-13(11)17-14(12)16/h1-7,15H,8H2. The van der Waals surface area contributed by atoms with Crippen molar-refractivity contribution in [1.82, 2.24) is 0 Å². The lowest BCUT2D eigenvalue weighted by Gasteiger charge is -2.02. The van der Waals surface area contributed by atoms with E-state index in [-0.39, 0.29) is 12.2 Å². The molecule has 0 spiro atoms. The molecule has 17 heavy (non-hydrogen) atoms. The van der Waals surface area contributed by atoms with Crippen molar-refractivity contribution >= 4 is 21.7 Å². The third-order valence-electron chi connectivity index (χ3n) is 2.84. The van der Waals surface area contributed by atoms with Gasteiger partial charge in [-0.3, -0.25) is 0 Å². The van der Waals surface area contributed by atoms with E-state index in [1.807, 2.05) is 36.4 Å². The molecule has 2 aromatic carbocycles. The smallest absolute Gasteiger partial charge is 0.341 e. The number of aliphatic hydroxyl groups is 1. The van der Waals surface area contributed by atoms with Crippen LogP contribution >= 0.6 is 0 Å². The van der Waals surface area contributed by atoms with E-state index in [9.17, 15) is 4.79 Å². The Balaban J connectivity index is 2.44. The Labute approximate surface area is 96.9 Å². The molecule has 1 aromatic heterocycles. The molecule has 0 radical (unpaired) electrons. The second-order valence-corrected chi connectivity index (χ2v) is 3.95. The highest BCUT2D eigenvalue weighted by molar-refractivity contribution is 5.95. The van der Waals surface area contributed by atoms with Crippen LogP contribution in [0.5, 0.6) is 0 Å². The minimum Gasteiger partial charge on any atom is -0.422 e. The van der Waals surface area contributed by atoms with Crippen molar-refractivity contribution < 1.29 is 9.52 Å². The highest BCUT2D eigenvalue weighted by Crippen LogP contribution is 2.22. The van der Waals surface area contributed by atoms with Crippen molar-refractivity contribution in [3.63, 3.8) is 0 Å². The molecule has 0 atom stereocenters. The summed E-state index contributed by atoms with van der Waals surface area (Å²) >= 11 is 0. The first kappa shape index (κ1) is 10.1. The van der Waals surface area contributed by atoms with Crippen molar-refractivity contribution in [1.29, 1.82) is 0 Å². The van der Waals surface area contributed by atoms with Crippen molar-refractivity contribution in [2.75, 3.05) is 0 Å². The van der Waals surface area contributed by atoms with Gasteiger partial charge in [-0.05, 0) is 29.0 Å². The number of fused-ring (bicyclic) bond motifs is 2. The lowest BCUT2D eigenvalue weighted by Crippen LogP contribution is -2.06. The molecule has 0 saturated carbocycles. The molecule has 3 aromatic rings. The van der Waals surface area contributed by atoms with E-state index >= 15 is 0 Å². The molecule has 0 bridgehead atoms. The largest absolute Gasteiger partial charge is 0.422 e. The van der Waals surface area contributed by atoms with Crippen LogP contribution in [0.4, 0.5) is 0 Å². The lowest BCUT2D eigenvalue weighted by molar-refractivity contribution is 0.276. The minimum atomic E-state index is -0.477. The molecule has 0 unspecified atom stereocenters. The predicted molar refractivity (Wildman–Crippen MR) is 65.9 cm³/mol. The SMILES string of the molecule is O=c1oc2cc3ccccc3cc2cc1CO. The molecule has 0 fully saturated rings. The second kappa shape index (κ2) is 3.71. The van der Waals surface area contributed by atoms with Crippen molar-refractivity contribution in [2.24, 2.45) is 0 Å². The van der Waals surface area contributed by atoms with Crippen LogP contribution in [0.3, 0.4) is 0 Å². The molecule has 84 valence electrons. The normalized spacial score (nSPS) is 11.1. The number of rotatable bonds is 1. The molecule has 1 heterocycles. The van der Waals surface area contributed by atoms with E-state index in [0.29, 0.717) is 5.58 Å². The summed E-state index contributed by atoms with van der Waals surface area (Å²) in [5.41, 5.74) is 0.356. The van der Waals surface area contributed by atoms with Crippen molar-refractivity contribution in [3.05, 3.63) is 58.4 Å². The summed E-state index contributed by atoms with van der Waals surface area (Å²) in [4.78, 5) is 11.5. The van der Waals surface area contributed by atoms with Crippen LogP contribution in [0.2, 0.25) is 0 Å². The van der Waals surface area contributed by atoms with Gasteiger partial charge in [0.15, 0.2) is 0 Å². The Morgan fingerprint density at radius 1 is 1.00 bits per heavy atom. The van der Waals surface area contributed by atoms with Gasteiger partial charge in [-0.25, -0.2) is 4.79 Å². The first-order chi connectivity index (χ1) is 8.28. The summed E-state index contributed by atoms with van der Waals surface area (Å²) in [5, 5.41) is 12.0. The molecule has 3 heteroatoms. The first-order valence-corrected chi connectivity index (χ1v) is 5.34. The fourth-order valence-corrected chi connectivity index (χ4v) is 1.96. The van der Waals surface area contributed by atoms with Crippen LogP contribution in [0, 0.1) is 0 Å². The number of benzene rings is 2. The highest BCUT2D eigenvalue weighted by atomic mass is 16.4. The maximum absolute atomic E-state index is 11.5. The molecule has 0 aliphatic rings. The van der Waals surface area contributed by atoms with E-state index in [0.717, 1.165) is 16.2 Å². The van der Waals surface area contributed by atoms with Crippen LogP contribution in [-0.4, -0.2) is 5.11 Å². The van der Waals surface area contributed by atoms with Gasteiger partial charge in [-0.15, -0.1) is 0 Å². The van der Waals surface area contributed by atoms with Gasteiger partial charge in [-0.1, -0.05) is 24.3 Å². The molecular weight excluding hydrogens is 216 g/mol. The fourth-order valence-electron chi connectivity index (χ4n) is 1.96. The van der Waals surface area contributed by atoms with Crippen LogP contribution < -0.4 is 5.63 Å². The van der Waals surface area contributed by atoms with E-state index < -0.39 is 5.63 Å². The molecular formula is C14H10O3. The van der Waals surface area contributed by atoms with E-state index in [1.54, 1.807) is 6.07 Å². The topological polar surface area (TPSA) is 50.4 Å². The van der Waals surface area contributed by atoms with Gasteiger partial charge in [0.1, 0.15) is 5.58 Å². The summed E-state index contributed by atoms with van der Waals surface area (Å²) in [6.07, 6.45) is 0. The monoisotopic (exact) mass is 226 g/mol. The fraction of sp³-hybridized carbons (Fsp3) is 0.0714. The summed E-state index contributed by atoms with van der Waals surface area (Å²) in [5.74, 6) is 0. The molecule has 0 aliphatic heterocycles. The van der Waals surface area contributed by atoms with E-state index in [2.05, 4.69) is 0 Å². The third-order valence-corrected chi connectivity index (χ3v) is 2.84. The van der Waals surface area contributed by atoms with Crippen LogP contribution in [0.15, 0.2) is 51.7 Å². The molecule has 3 rings (SSSR count). The summed E-state index contributed by atoms with van der Waals surface area (Å²) in [6, 6.07) is 13.3. The minimum absolute atomic E-state index is 0.285. The van der Waals surface area contributed by atoms with Gasteiger partial charge in [0, 0.05) is 5.39 Å². The zero-order valence-electron chi connectivity index (χ0n) is 9.01. The number of hydrogen-bond acceptors (Lipinski definition) is 3. The van der Waals surface area contributed by atoms with Gasteiger partial charge in [0.25, 0.3) is 0 Å². The molecule has 3 nitrogen and oxygen atoms in total. The Hall–Kier alpha value is -2.13. The van der Waals surface area contributed by atoms with Gasteiger partial charge in [0.2, 0.25) is 0 Å². The van der Waals surface area contributed by atoms with Gasteiger partial charge in [-0.2, -0.15) is 0 Å². The van der Waals surface area contributed by atoms with Crippen LogP contribution in [-0.2, 0) is 6.61 Å². The number of hydrogen-bond donors (Lipinski definition) is 1. The average Bonchev–Trinajstić information content (AvgIpc) is 2.35. The number of aliphatic hydroxyl groups excluding tert-OH is 1. The quantitative estimate of drug-likeness (QED) is 0.512. The molecule has 1 N–H and O–H groups in total. The maximum Gasteiger partial charge on any atom is 0.341 e. The van der Waals surface area contributed by atoms with Crippen LogP contribution in [0.1, 0.15) is 5.56 Å². The predicted octanol–water partition coefficient (Wildman–Crippen LogP) is 2.44. The van der Waals surface area contributed by atoms with Crippen molar-refractivity contribution in [2.45, 2.75) is 6.61 Å². The summed E-state index contributed by atoms with van der Waals surface area (Å²) in [7, 11) is 0. The van der Waals surface area contributed by atoms with Gasteiger partial charge in [0.05, 0.1) is 12.2 Å². The highest BCUT2D eigenvalue weighted by Gasteiger charge is 2.05. The second-order valence-electron chi connectivity index (χ2n) is 3.95. The maximum atomic E-state index is 11.5. The summed E-state index contributed by atoms with van der Waals surface area (Å²) < 4.78 is 5.18. The Kier molecular flexibility index (Phi) is 2.20. The summed E-state index contributed by atoms with van der Waals surface area (Å²) in [6.45, 7) is -0.300. The lowest BCUT2D eigenvalue weighted by atomic mass is 10.1. The van der Waals surface area contributed by atoms with E-state index in [4.69, 9.17) is 9.52 Å². The van der Waals surface area contributed by atoms with Crippen molar-refractivity contribution in [3.8, 4) is 0 Å². The van der Waals surface area contributed by atoms with E-state index in [1.165, 1.54) is 0 Å². The Morgan fingerprint density at radius 2 is 1.71 bits per heavy atom. The zero-order valence-corrected chi connectivity index (χ0v) is 9.01. The molecule has 0 aliphatic carbocycles. The van der Waals surface area contributed by atoms with Gasteiger partial charge >= 0.3 is 5.63 Å². The molecule has 0 saturated heterocycles. The Bertz CT molecular complexity index is 756. The van der Waals surface area contributed by atoms with Gasteiger partial charge < -0.3 is 9.52 Å².